The summed E-state index contributed by atoms with van der Waals surface area (Å²) in [5.41, 5.74) is 1.42. The van der Waals surface area contributed by atoms with E-state index in [9.17, 15) is 4.79 Å². The summed E-state index contributed by atoms with van der Waals surface area (Å²) >= 11 is 0. The normalized spacial score (nSPS) is 18.0. The van der Waals surface area contributed by atoms with Crippen molar-refractivity contribution in [2.45, 2.75) is 32.2 Å². The van der Waals surface area contributed by atoms with Crippen LogP contribution in [-0.4, -0.2) is 37.5 Å². The average molecular weight is 296 g/mol. The monoisotopic (exact) mass is 296 g/mol. The van der Waals surface area contributed by atoms with Crippen molar-refractivity contribution >= 4 is 5.91 Å². The molecule has 0 bridgehead atoms. The number of pyridine rings is 1. The molecule has 1 amide bonds. The fourth-order valence-corrected chi connectivity index (χ4v) is 2.78. The summed E-state index contributed by atoms with van der Waals surface area (Å²) in [6.45, 7) is 2.41. The van der Waals surface area contributed by atoms with Crippen LogP contribution < -0.4 is 0 Å². The number of nitrogens with one attached hydrogen (secondary N) is 1. The molecule has 3 heterocycles. The van der Waals surface area contributed by atoms with E-state index in [1.807, 2.05) is 0 Å². The van der Waals surface area contributed by atoms with Crippen LogP contribution in [-0.2, 0) is 0 Å². The van der Waals surface area contributed by atoms with Gasteiger partial charge in [-0.05, 0) is 38.3 Å². The Hall–Kier alpha value is -2.75. The molecular weight excluding hydrogens is 280 g/mol. The first-order valence-electron chi connectivity index (χ1n) is 7.24. The number of aromatic amines is 1. The van der Waals surface area contributed by atoms with Gasteiger partial charge in [-0.15, -0.1) is 0 Å². The lowest BCUT2D eigenvalue weighted by atomic mass is 10.0. The third-order valence-electron chi connectivity index (χ3n) is 3.94. The predicted octanol–water partition coefficient (Wildman–Crippen LogP) is 1.75. The Balaban J connectivity index is 1.89. The number of carbonyl (C=O) groups is 1. The van der Waals surface area contributed by atoms with E-state index in [4.69, 9.17) is 5.26 Å². The van der Waals surface area contributed by atoms with Gasteiger partial charge in [-0.1, -0.05) is 0 Å². The molecule has 7 heteroatoms. The van der Waals surface area contributed by atoms with Gasteiger partial charge in [0.1, 0.15) is 23.9 Å². The van der Waals surface area contributed by atoms with Gasteiger partial charge >= 0.3 is 0 Å². The summed E-state index contributed by atoms with van der Waals surface area (Å²) in [7, 11) is 0. The van der Waals surface area contributed by atoms with Crippen LogP contribution in [0.25, 0.3) is 0 Å². The first-order valence-corrected chi connectivity index (χ1v) is 7.24. The summed E-state index contributed by atoms with van der Waals surface area (Å²) in [5.74, 6) is 0.576. The topological polar surface area (TPSA) is 98.6 Å². The number of aromatic nitrogens is 4. The number of hydrogen-bond acceptors (Lipinski definition) is 5. The van der Waals surface area contributed by atoms with Crippen LogP contribution in [0.15, 0.2) is 18.5 Å². The van der Waals surface area contributed by atoms with E-state index >= 15 is 0 Å². The highest BCUT2D eigenvalue weighted by atomic mass is 16.2. The molecule has 22 heavy (non-hydrogen) atoms. The zero-order chi connectivity index (χ0) is 15.5. The maximum atomic E-state index is 12.8. The molecule has 112 valence electrons. The Kier molecular flexibility index (Phi) is 3.83. The lowest BCUT2D eigenvalue weighted by Crippen LogP contribution is -2.39. The highest BCUT2D eigenvalue weighted by Gasteiger charge is 2.31. The van der Waals surface area contributed by atoms with Gasteiger partial charge in [0, 0.05) is 6.54 Å². The number of H-pyrrole nitrogens is 1. The average Bonchev–Trinajstić information content (AvgIpc) is 3.08. The van der Waals surface area contributed by atoms with E-state index in [-0.39, 0.29) is 11.9 Å². The summed E-state index contributed by atoms with van der Waals surface area (Å²) < 4.78 is 0. The fraction of sp³-hybridized carbons (Fsp3) is 0.400. The Labute approximate surface area is 128 Å². The Bertz CT molecular complexity index is 718. The van der Waals surface area contributed by atoms with Gasteiger partial charge in [-0.3, -0.25) is 9.89 Å². The summed E-state index contributed by atoms with van der Waals surface area (Å²) in [6, 6.07) is 5.22. The zero-order valence-electron chi connectivity index (χ0n) is 12.3. The molecule has 0 radical (unpaired) electrons. The van der Waals surface area contributed by atoms with Crippen molar-refractivity contribution in [3.05, 3.63) is 41.2 Å². The highest BCUT2D eigenvalue weighted by Crippen LogP contribution is 2.29. The molecule has 1 aliphatic rings. The van der Waals surface area contributed by atoms with Crippen LogP contribution in [0, 0.1) is 18.3 Å². The quantitative estimate of drug-likeness (QED) is 0.910. The maximum Gasteiger partial charge on any atom is 0.273 e. The van der Waals surface area contributed by atoms with Crippen LogP contribution in [0.1, 0.15) is 52.9 Å². The number of carbonyl (C=O) groups excluding carboxylic acids is 1. The summed E-state index contributed by atoms with van der Waals surface area (Å²) in [6.07, 6.45) is 4.33. The van der Waals surface area contributed by atoms with Crippen molar-refractivity contribution in [3.8, 4) is 6.07 Å². The van der Waals surface area contributed by atoms with E-state index in [1.165, 1.54) is 6.33 Å². The van der Waals surface area contributed by atoms with Crippen molar-refractivity contribution in [1.29, 1.82) is 5.26 Å². The third-order valence-corrected chi connectivity index (χ3v) is 3.94. The number of likely N-dealkylation sites (tertiary alicyclic amines) is 1. The molecule has 0 unspecified atom stereocenters. The van der Waals surface area contributed by atoms with Crippen molar-refractivity contribution < 1.29 is 4.79 Å². The molecule has 2 aromatic rings. The highest BCUT2D eigenvalue weighted by molar-refractivity contribution is 5.92. The standard InChI is InChI=1S/C15H16N6O/c1-10-11(8-16)5-6-12(19-10)15(22)21-7-3-2-4-13(21)14-17-9-18-20-14/h5-6,9,13H,2-4,7H2,1H3,(H,17,18,20)/t13-/m0/s1. The number of amides is 1. The van der Waals surface area contributed by atoms with Gasteiger partial charge in [0.25, 0.3) is 5.91 Å². The van der Waals surface area contributed by atoms with Gasteiger partial charge in [0.05, 0.1) is 17.3 Å². The summed E-state index contributed by atoms with van der Waals surface area (Å²) in [4.78, 5) is 23.0. The molecule has 2 aromatic heterocycles. The van der Waals surface area contributed by atoms with E-state index in [1.54, 1.807) is 24.0 Å². The van der Waals surface area contributed by atoms with Crippen LogP contribution in [0.4, 0.5) is 0 Å². The molecule has 1 fully saturated rings. The van der Waals surface area contributed by atoms with Gasteiger partial charge in [0.15, 0.2) is 0 Å². The lowest BCUT2D eigenvalue weighted by molar-refractivity contribution is 0.0594. The van der Waals surface area contributed by atoms with E-state index in [0.717, 1.165) is 19.3 Å². The maximum absolute atomic E-state index is 12.8. The Morgan fingerprint density at radius 2 is 2.32 bits per heavy atom. The van der Waals surface area contributed by atoms with Gasteiger partial charge < -0.3 is 4.90 Å². The molecule has 0 saturated carbocycles. The second-order valence-corrected chi connectivity index (χ2v) is 5.32. The molecule has 0 aliphatic carbocycles. The lowest BCUT2D eigenvalue weighted by Gasteiger charge is -2.34. The van der Waals surface area contributed by atoms with Crippen LogP contribution in [0.2, 0.25) is 0 Å². The van der Waals surface area contributed by atoms with Crippen molar-refractivity contribution in [3.63, 3.8) is 0 Å². The van der Waals surface area contributed by atoms with Gasteiger partial charge in [0.2, 0.25) is 0 Å². The van der Waals surface area contributed by atoms with Gasteiger partial charge in [-0.2, -0.15) is 10.4 Å². The number of aryl methyl sites for hydroxylation is 1. The molecular formula is C15H16N6O. The molecule has 1 N–H and O–H groups in total. The minimum atomic E-state index is -0.131. The summed E-state index contributed by atoms with van der Waals surface area (Å²) in [5, 5.41) is 15.7. The second kappa shape index (κ2) is 5.93. The number of nitriles is 1. The number of hydrogen-bond donors (Lipinski definition) is 1. The van der Waals surface area contributed by atoms with E-state index in [0.29, 0.717) is 29.3 Å². The minimum Gasteiger partial charge on any atom is -0.327 e. The first kappa shape index (κ1) is 14.2. The van der Waals surface area contributed by atoms with Crippen LogP contribution in [0.5, 0.6) is 0 Å². The van der Waals surface area contributed by atoms with Crippen molar-refractivity contribution in [1.82, 2.24) is 25.1 Å². The molecule has 3 rings (SSSR count). The van der Waals surface area contributed by atoms with Gasteiger partial charge in [-0.25, -0.2) is 9.97 Å². The SMILES string of the molecule is Cc1nc(C(=O)N2CCCC[C@H]2c2ncn[nH]2)ccc1C#N. The fourth-order valence-electron chi connectivity index (χ4n) is 2.78. The van der Waals surface area contributed by atoms with Crippen molar-refractivity contribution in [2.75, 3.05) is 6.54 Å². The number of piperidine rings is 1. The van der Waals surface area contributed by atoms with E-state index in [2.05, 4.69) is 26.2 Å². The predicted molar refractivity (Wildman–Crippen MR) is 77.7 cm³/mol. The molecule has 1 aliphatic heterocycles. The third kappa shape index (κ3) is 2.55. The number of rotatable bonds is 2. The molecule has 1 atom stereocenters. The van der Waals surface area contributed by atoms with Crippen LogP contribution in [0.3, 0.4) is 0 Å². The number of nitrogens with zero attached hydrogens (tertiary/aromatic N) is 5. The molecule has 1 saturated heterocycles. The Morgan fingerprint density at radius 1 is 1.45 bits per heavy atom. The zero-order valence-corrected chi connectivity index (χ0v) is 12.3. The molecule has 0 aromatic carbocycles. The van der Waals surface area contributed by atoms with Crippen LogP contribution >= 0.6 is 0 Å². The largest absolute Gasteiger partial charge is 0.327 e. The minimum absolute atomic E-state index is 0.0958. The van der Waals surface area contributed by atoms with Crippen molar-refractivity contribution in [2.24, 2.45) is 0 Å². The Morgan fingerprint density at radius 3 is 3.00 bits per heavy atom. The second-order valence-electron chi connectivity index (χ2n) is 5.32. The van der Waals surface area contributed by atoms with E-state index < -0.39 is 0 Å². The molecule has 0 spiro atoms. The first-order chi connectivity index (χ1) is 10.7. The molecule has 7 nitrogen and oxygen atoms in total. The smallest absolute Gasteiger partial charge is 0.273 e.